The fraction of sp³-hybridized carbons (Fsp3) is 0.593. The van der Waals surface area contributed by atoms with E-state index in [4.69, 9.17) is 0 Å². The van der Waals surface area contributed by atoms with Crippen LogP contribution >= 0.6 is 0 Å². The third-order valence-corrected chi connectivity index (χ3v) is 7.36. The van der Waals surface area contributed by atoms with E-state index in [1.54, 1.807) is 12.1 Å². The monoisotopic (exact) mass is 445 g/mol. The van der Waals surface area contributed by atoms with E-state index in [9.17, 15) is 18.0 Å². The number of hydrogen-bond donors (Lipinski definition) is 0. The second-order valence-corrected chi connectivity index (χ2v) is 9.96. The van der Waals surface area contributed by atoms with Crippen molar-refractivity contribution in [2.45, 2.75) is 96.2 Å². The molecule has 0 aliphatic heterocycles. The van der Waals surface area contributed by atoms with Gasteiger partial charge in [-0.3, -0.25) is 0 Å². The molecule has 2 atom stereocenters. The zero-order valence-corrected chi connectivity index (χ0v) is 19.2. The van der Waals surface area contributed by atoms with E-state index >= 15 is 0 Å². The van der Waals surface area contributed by atoms with Crippen molar-refractivity contribution in [2.24, 2.45) is 5.92 Å². The van der Waals surface area contributed by atoms with Gasteiger partial charge < -0.3 is 9.36 Å². The van der Waals surface area contributed by atoms with E-state index in [2.05, 4.69) is 18.4 Å². The second-order valence-electron chi connectivity index (χ2n) is 9.96. The number of halogens is 3. The molecule has 0 N–H and O–H groups in total. The third kappa shape index (κ3) is 4.53. The van der Waals surface area contributed by atoms with Crippen LogP contribution < -0.4 is 0 Å². The molecule has 0 radical (unpaired) electrons. The van der Waals surface area contributed by atoms with Gasteiger partial charge in [0.2, 0.25) is 0 Å². The number of rotatable bonds is 7. The number of carbonyl (C=O) groups excluding carboxylic acids is 1. The molecule has 1 aromatic carbocycles. The fourth-order valence-corrected chi connectivity index (χ4v) is 5.84. The summed E-state index contributed by atoms with van der Waals surface area (Å²) in [7, 11) is 0. The van der Waals surface area contributed by atoms with Gasteiger partial charge in [0.25, 0.3) is 0 Å². The normalized spacial score (nSPS) is 19.5. The van der Waals surface area contributed by atoms with Crippen molar-refractivity contribution in [3.8, 4) is 0 Å². The average molecular weight is 446 g/mol. The number of hydrogen-bond acceptors (Lipinski definition) is 1. The van der Waals surface area contributed by atoms with Crippen molar-refractivity contribution >= 4 is 6.29 Å². The lowest BCUT2D eigenvalue weighted by Gasteiger charge is -2.31. The van der Waals surface area contributed by atoms with E-state index in [0.29, 0.717) is 12.3 Å². The van der Waals surface area contributed by atoms with Gasteiger partial charge >= 0.3 is 6.18 Å². The summed E-state index contributed by atoms with van der Waals surface area (Å²) in [5, 5.41) is 0. The molecule has 1 unspecified atom stereocenters. The van der Waals surface area contributed by atoms with Gasteiger partial charge in [-0.15, -0.1) is 0 Å². The minimum atomic E-state index is -4.33. The molecule has 0 bridgehead atoms. The molecule has 4 rings (SSSR count). The highest BCUT2D eigenvalue weighted by Gasteiger charge is 2.35. The van der Waals surface area contributed by atoms with Crippen molar-refractivity contribution in [1.29, 1.82) is 0 Å². The maximum Gasteiger partial charge on any atom is 0.416 e. The van der Waals surface area contributed by atoms with E-state index in [1.165, 1.54) is 41.1 Å². The van der Waals surface area contributed by atoms with Crippen molar-refractivity contribution in [2.75, 3.05) is 0 Å². The Kier molecular flexibility index (Phi) is 6.83. The standard InChI is InChI=1S/C27H34F3NO/c1-18(2)10-15-24(19-11-13-21(14-12-19)27(28,29)30)31-25-9-4-3-7-22(25)23-8-5-6-20(16-17-32)26(23)31/h11-14,17-18,20,24H,3-10,15-16H2,1-2H3/t20?,24-/m1/s1. The van der Waals surface area contributed by atoms with Crippen molar-refractivity contribution in [1.82, 2.24) is 4.57 Å². The van der Waals surface area contributed by atoms with Crippen molar-refractivity contribution in [3.05, 3.63) is 57.9 Å². The second kappa shape index (κ2) is 9.44. The van der Waals surface area contributed by atoms with Crippen molar-refractivity contribution < 1.29 is 18.0 Å². The van der Waals surface area contributed by atoms with Crippen LogP contribution in [-0.4, -0.2) is 10.9 Å². The van der Waals surface area contributed by atoms with Gasteiger partial charge in [-0.05, 0) is 92.5 Å². The lowest BCUT2D eigenvalue weighted by atomic mass is 9.82. The molecular formula is C27H34F3NO. The molecule has 2 nitrogen and oxygen atoms in total. The quantitative estimate of drug-likeness (QED) is 0.407. The summed E-state index contributed by atoms with van der Waals surface area (Å²) in [6.45, 7) is 4.39. The van der Waals surface area contributed by atoms with Crippen LogP contribution in [0.25, 0.3) is 0 Å². The van der Waals surface area contributed by atoms with Crippen LogP contribution in [0.15, 0.2) is 24.3 Å². The number of benzene rings is 1. The fourth-order valence-electron chi connectivity index (χ4n) is 5.84. The zero-order valence-electron chi connectivity index (χ0n) is 19.2. The summed E-state index contributed by atoms with van der Waals surface area (Å²) in [6, 6.07) is 5.81. The molecule has 0 amide bonds. The number of aldehydes is 1. The Morgan fingerprint density at radius 1 is 1.00 bits per heavy atom. The first-order valence-electron chi connectivity index (χ1n) is 12.2. The van der Waals surface area contributed by atoms with Crippen LogP contribution in [0.5, 0.6) is 0 Å². The maximum absolute atomic E-state index is 13.2. The summed E-state index contributed by atoms with van der Waals surface area (Å²) in [4.78, 5) is 11.5. The molecule has 2 aromatic rings. The summed E-state index contributed by atoms with van der Waals surface area (Å²) >= 11 is 0. The first kappa shape index (κ1) is 23.1. The Morgan fingerprint density at radius 2 is 1.69 bits per heavy atom. The number of nitrogens with zero attached hydrogens (tertiary/aromatic N) is 1. The topological polar surface area (TPSA) is 22.0 Å². The molecule has 0 saturated heterocycles. The van der Waals surface area contributed by atoms with Gasteiger partial charge in [0.05, 0.1) is 11.6 Å². The van der Waals surface area contributed by atoms with Crippen LogP contribution in [0, 0.1) is 5.92 Å². The molecular weight excluding hydrogens is 411 g/mol. The molecule has 5 heteroatoms. The summed E-state index contributed by atoms with van der Waals surface area (Å²) in [6.07, 6.45) is 6.77. The zero-order chi connectivity index (χ0) is 22.9. The van der Waals surface area contributed by atoms with Crippen LogP contribution in [0.1, 0.15) is 104 Å². The average Bonchev–Trinajstić information content (AvgIpc) is 3.09. The molecule has 1 aromatic heterocycles. The number of carbonyl (C=O) groups is 1. The minimum Gasteiger partial charge on any atom is -0.340 e. The van der Waals surface area contributed by atoms with Crippen molar-refractivity contribution in [3.63, 3.8) is 0 Å². The van der Waals surface area contributed by atoms with E-state index in [1.807, 2.05) is 0 Å². The molecule has 0 saturated carbocycles. The SMILES string of the molecule is CC(C)CC[C@H](c1ccc(C(F)(F)F)cc1)n1c2c(c3c1C(CC=O)CCC3)CCCC2. The number of fused-ring (bicyclic) bond motifs is 3. The summed E-state index contributed by atoms with van der Waals surface area (Å²) in [5.41, 5.74) is 5.96. The van der Waals surface area contributed by atoms with Crippen LogP contribution in [0.4, 0.5) is 13.2 Å². The van der Waals surface area contributed by atoms with Crippen LogP contribution in [-0.2, 0) is 30.2 Å². The smallest absolute Gasteiger partial charge is 0.340 e. The van der Waals surface area contributed by atoms with Crippen LogP contribution in [0.3, 0.4) is 0 Å². The first-order valence-corrected chi connectivity index (χ1v) is 12.2. The van der Waals surface area contributed by atoms with Gasteiger partial charge in [0.15, 0.2) is 0 Å². The van der Waals surface area contributed by atoms with E-state index in [-0.39, 0.29) is 12.0 Å². The lowest BCUT2D eigenvalue weighted by molar-refractivity contribution is -0.137. The summed E-state index contributed by atoms with van der Waals surface area (Å²) < 4.78 is 42.1. The Bertz CT molecular complexity index is 939. The summed E-state index contributed by atoms with van der Waals surface area (Å²) in [5.74, 6) is 0.734. The molecule has 174 valence electrons. The Morgan fingerprint density at radius 3 is 2.34 bits per heavy atom. The molecule has 0 spiro atoms. The Hall–Kier alpha value is -2.04. The third-order valence-electron chi connectivity index (χ3n) is 7.36. The van der Waals surface area contributed by atoms with Gasteiger partial charge in [0, 0.05) is 23.7 Å². The molecule has 2 aliphatic carbocycles. The highest BCUT2D eigenvalue weighted by molar-refractivity contribution is 5.54. The number of aromatic nitrogens is 1. The minimum absolute atomic E-state index is 0.0162. The van der Waals surface area contributed by atoms with E-state index < -0.39 is 11.7 Å². The highest BCUT2D eigenvalue weighted by Crippen LogP contribution is 2.45. The first-order chi connectivity index (χ1) is 15.3. The van der Waals surface area contributed by atoms with E-state index in [0.717, 1.165) is 63.2 Å². The van der Waals surface area contributed by atoms with Gasteiger partial charge in [0.1, 0.15) is 6.29 Å². The molecule has 2 aliphatic rings. The Labute approximate surface area is 189 Å². The Balaban J connectivity index is 1.85. The van der Waals surface area contributed by atoms with Gasteiger partial charge in [-0.1, -0.05) is 26.0 Å². The van der Waals surface area contributed by atoms with Gasteiger partial charge in [-0.25, -0.2) is 0 Å². The predicted octanol–water partition coefficient (Wildman–Crippen LogP) is 7.42. The number of alkyl halides is 3. The van der Waals surface area contributed by atoms with Crippen LogP contribution in [0.2, 0.25) is 0 Å². The maximum atomic E-state index is 13.2. The lowest BCUT2D eigenvalue weighted by Crippen LogP contribution is -2.22. The van der Waals surface area contributed by atoms with Gasteiger partial charge in [-0.2, -0.15) is 13.2 Å². The molecule has 0 fully saturated rings. The predicted molar refractivity (Wildman–Crippen MR) is 121 cm³/mol. The largest absolute Gasteiger partial charge is 0.416 e. The molecule has 32 heavy (non-hydrogen) atoms. The molecule has 1 heterocycles. The highest BCUT2D eigenvalue weighted by atomic mass is 19.4.